The Kier molecular flexibility index (Phi) is 12.5. The van der Waals surface area contributed by atoms with E-state index in [0.29, 0.717) is 30.0 Å². The fourth-order valence-corrected chi connectivity index (χ4v) is 6.44. The second-order valence-corrected chi connectivity index (χ2v) is 12.8. The Bertz CT molecular complexity index is 1530. The van der Waals surface area contributed by atoms with Crippen LogP contribution in [0.15, 0.2) is 72.8 Å². The maximum Gasteiger partial charge on any atom is 0.573 e. The summed E-state index contributed by atoms with van der Waals surface area (Å²) >= 11 is 0. The third-order valence-electron chi connectivity index (χ3n) is 6.81. The SMILES string of the molecule is CC(C)Oc1cc(C(=O)N[C@@H](Cc2ccccc2)[C@H](O)CNCc2cccc(OC(F)(F)F)c2)cc(N2CCCS2(=O)=O)c1.Cl. The molecule has 0 radical (unpaired) electrons. The summed E-state index contributed by atoms with van der Waals surface area (Å²) in [4.78, 5) is 13.6. The average Bonchev–Trinajstić information content (AvgIpc) is 3.30. The fourth-order valence-electron chi connectivity index (χ4n) is 4.89. The molecule has 45 heavy (non-hydrogen) atoms. The molecule has 4 rings (SSSR count). The summed E-state index contributed by atoms with van der Waals surface area (Å²) in [5, 5.41) is 17.1. The number of carbonyl (C=O) groups excluding carboxylic acids is 1. The number of hydrogen-bond acceptors (Lipinski definition) is 7. The number of nitrogens with one attached hydrogen (secondary N) is 2. The number of ether oxygens (including phenoxy) is 2. The quantitative estimate of drug-likeness (QED) is 0.239. The lowest BCUT2D eigenvalue weighted by Crippen LogP contribution is -2.48. The van der Waals surface area contributed by atoms with E-state index in [0.717, 1.165) is 5.56 Å². The highest BCUT2D eigenvalue weighted by molar-refractivity contribution is 7.93. The Morgan fingerprint density at radius 3 is 2.36 bits per heavy atom. The molecule has 0 unspecified atom stereocenters. The number of anilines is 1. The molecule has 0 spiro atoms. The number of nitrogens with zero attached hydrogens (tertiary/aromatic N) is 1. The van der Waals surface area contributed by atoms with Crippen LogP contribution in [0.25, 0.3) is 0 Å². The lowest BCUT2D eigenvalue weighted by Gasteiger charge is -2.26. The van der Waals surface area contributed by atoms with Gasteiger partial charge in [0.25, 0.3) is 5.91 Å². The Labute approximate surface area is 267 Å². The second-order valence-electron chi connectivity index (χ2n) is 10.8. The minimum Gasteiger partial charge on any atom is -0.491 e. The van der Waals surface area contributed by atoms with E-state index in [1.165, 1.54) is 34.6 Å². The van der Waals surface area contributed by atoms with Crippen LogP contribution in [0.1, 0.15) is 41.8 Å². The number of alkyl halides is 3. The smallest absolute Gasteiger partial charge is 0.491 e. The maximum atomic E-state index is 13.6. The zero-order chi connectivity index (χ0) is 31.9. The van der Waals surface area contributed by atoms with E-state index in [9.17, 15) is 31.5 Å². The van der Waals surface area contributed by atoms with Gasteiger partial charge >= 0.3 is 6.36 Å². The van der Waals surface area contributed by atoms with Gasteiger partial charge in [0.2, 0.25) is 10.0 Å². The number of hydrogen-bond donors (Lipinski definition) is 3. The Morgan fingerprint density at radius 1 is 1.00 bits per heavy atom. The van der Waals surface area contributed by atoms with E-state index in [1.54, 1.807) is 12.1 Å². The molecule has 9 nitrogen and oxygen atoms in total. The van der Waals surface area contributed by atoms with Crippen molar-refractivity contribution in [1.82, 2.24) is 10.6 Å². The zero-order valence-corrected chi connectivity index (χ0v) is 26.4. The van der Waals surface area contributed by atoms with Crippen LogP contribution in [0.2, 0.25) is 0 Å². The van der Waals surface area contributed by atoms with Crippen molar-refractivity contribution in [2.75, 3.05) is 23.1 Å². The highest BCUT2D eigenvalue weighted by Gasteiger charge is 2.32. The van der Waals surface area contributed by atoms with Crippen molar-refractivity contribution in [3.05, 3.63) is 89.5 Å². The Hall–Kier alpha value is -3.52. The van der Waals surface area contributed by atoms with Gasteiger partial charge in [-0.2, -0.15) is 0 Å². The molecule has 1 aliphatic rings. The number of carbonyl (C=O) groups is 1. The molecule has 2 atom stereocenters. The standard InChI is InChI=1S/C31H36F3N3O6S.ClH/c1-21(2)42-27-17-24(16-25(18-27)37-12-7-13-44(37,40)41)30(39)36-28(15-22-8-4-3-5-9-22)29(38)20-35-19-23-10-6-11-26(14-23)43-31(32,33)34;/h3-6,8-11,14,16-18,21,28-29,35,38H,7,12-13,15,19-20H2,1-2H3,(H,36,39);1H/t28-,29+;/m0./s1. The summed E-state index contributed by atoms with van der Waals surface area (Å²) in [7, 11) is -3.52. The van der Waals surface area contributed by atoms with E-state index in [-0.39, 0.29) is 55.1 Å². The van der Waals surface area contributed by atoms with Crippen LogP contribution in [0, 0.1) is 0 Å². The summed E-state index contributed by atoms with van der Waals surface area (Å²) in [6.07, 6.45) is -5.38. The summed E-state index contributed by atoms with van der Waals surface area (Å²) in [5.74, 6) is -0.532. The highest BCUT2D eigenvalue weighted by Crippen LogP contribution is 2.30. The van der Waals surface area contributed by atoms with Crippen LogP contribution in [0.3, 0.4) is 0 Å². The Balaban J connectivity index is 0.00000552. The molecule has 0 bridgehead atoms. The molecular formula is C31H37ClF3N3O6S. The third kappa shape index (κ3) is 10.8. The van der Waals surface area contributed by atoms with Gasteiger partial charge < -0.3 is 25.2 Å². The predicted molar refractivity (Wildman–Crippen MR) is 167 cm³/mol. The van der Waals surface area contributed by atoms with Crippen molar-refractivity contribution in [2.24, 2.45) is 0 Å². The average molecular weight is 672 g/mol. The van der Waals surface area contributed by atoms with Crippen molar-refractivity contribution in [2.45, 2.75) is 57.8 Å². The molecule has 14 heteroatoms. The van der Waals surface area contributed by atoms with Crippen LogP contribution in [0.5, 0.6) is 11.5 Å². The van der Waals surface area contributed by atoms with Gasteiger partial charge in [0.05, 0.1) is 29.7 Å². The van der Waals surface area contributed by atoms with Gasteiger partial charge in [-0.3, -0.25) is 9.10 Å². The van der Waals surface area contributed by atoms with E-state index in [1.807, 2.05) is 44.2 Å². The van der Waals surface area contributed by atoms with Gasteiger partial charge in [-0.15, -0.1) is 25.6 Å². The van der Waals surface area contributed by atoms with Crippen LogP contribution < -0.4 is 24.4 Å². The molecule has 1 aliphatic heterocycles. The summed E-state index contributed by atoms with van der Waals surface area (Å²) in [6.45, 7) is 4.08. The van der Waals surface area contributed by atoms with Crippen molar-refractivity contribution < 1.29 is 41.0 Å². The highest BCUT2D eigenvalue weighted by atomic mass is 35.5. The molecule has 1 amide bonds. The molecule has 1 fully saturated rings. The zero-order valence-electron chi connectivity index (χ0n) is 24.8. The largest absolute Gasteiger partial charge is 0.573 e. The molecule has 0 saturated carbocycles. The topological polar surface area (TPSA) is 117 Å². The van der Waals surface area contributed by atoms with Gasteiger partial charge in [-0.25, -0.2) is 8.42 Å². The second kappa shape index (κ2) is 15.7. The first-order valence-corrected chi connectivity index (χ1v) is 15.8. The maximum absolute atomic E-state index is 13.6. The summed E-state index contributed by atoms with van der Waals surface area (Å²) < 4.78 is 74.1. The number of amides is 1. The number of benzene rings is 3. The third-order valence-corrected chi connectivity index (χ3v) is 8.68. The van der Waals surface area contributed by atoms with Gasteiger partial charge in [0, 0.05) is 31.3 Å². The first kappa shape index (κ1) is 36.0. The molecule has 0 aliphatic carbocycles. The molecule has 1 saturated heterocycles. The van der Waals surface area contributed by atoms with Crippen LogP contribution in [-0.4, -0.2) is 62.9 Å². The van der Waals surface area contributed by atoms with Crippen molar-refractivity contribution in [3.8, 4) is 11.5 Å². The van der Waals surface area contributed by atoms with Crippen LogP contribution >= 0.6 is 12.4 Å². The number of aliphatic hydroxyl groups is 1. The molecule has 3 aromatic carbocycles. The molecular weight excluding hydrogens is 635 g/mol. The van der Waals surface area contributed by atoms with E-state index in [2.05, 4.69) is 15.4 Å². The first-order chi connectivity index (χ1) is 20.8. The lowest BCUT2D eigenvalue weighted by molar-refractivity contribution is -0.274. The molecule has 3 N–H and O–H groups in total. The van der Waals surface area contributed by atoms with Gasteiger partial charge in [-0.05, 0) is 62.1 Å². The van der Waals surface area contributed by atoms with Crippen molar-refractivity contribution in [1.29, 1.82) is 0 Å². The minimum absolute atomic E-state index is 0. The van der Waals surface area contributed by atoms with Crippen molar-refractivity contribution >= 4 is 34.0 Å². The fraction of sp³-hybridized carbons (Fsp3) is 0.387. The van der Waals surface area contributed by atoms with Gasteiger partial charge in [0.15, 0.2) is 0 Å². The summed E-state index contributed by atoms with van der Waals surface area (Å²) in [6, 6.07) is 18.6. The molecule has 1 heterocycles. The van der Waals surface area contributed by atoms with E-state index in [4.69, 9.17) is 4.74 Å². The number of rotatable bonds is 13. The van der Waals surface area contributed by atoms with Crippen molar-refractivity contribution in [3.63, 3.8) is 0 Å². The normalized spacial score (nSPS) is 15.7. The predicted octanol–water partition coefficient (Wildman–Crippen LogP) is 4.83. The Morgan fingerprint density at radius 2 is 1.71 bits per heavy atom. The number of aliphatic hydroxyl groups excluding tert-OH is 1. The van der Waals surface area contributed by atoms with Gasteiger partial charge in [-0.1, -0.05) is 42.5 Å². The molecule has 3 aromatic rings. The monoisotopic (exact) mass is 671 g/mol. The molecule has 246 valence electrons. The molecule has 0 aromatic heterocycles. The van der Waals surface area contributed by atoms with E-state index < -0.39 is 34.4 Å². The minimum atomic E-state index is -4.81. The number of sulfonamides is 1. The number of halogens is 4. The first-order valence-electron chi connectivity index (χ1n) is 14.2. The summed E-state index contributed by atoms with van der Waals surface area (Å²) in [5.41, 5.74) is 1.85. The van der Waals surface area contributed by atoms with Crippen LogP contribution in [0.4, 0.5) is 18.9 Å². The lowest BCUT2D eigenvalue weighted by atomic mass is 10.00. The van der Waals surface area contributed by atoms with Gasteiger partial charge in [0.1, 0.15) is 11.5 Å². The van der Waals surface area contributed by atoms with Crippen LogP contribution in [-0.2, 0) is 23.0 Å². The van der Waals surface area contributed by atoms with E-state index >= 15 is 0 Å².